The molecule has 1 unspecified atom stereocenters. The Morgan fingerprint density at radius 1 is 1.19 bits per heavy atom. The standard InChI is InChI=1S/C20H19FN2O4/c1-27-20(26)13-6-8-16(9-7-13)23-12-15(10-18(23)24)19(25)22-11-14-4-2-3-5-17(14)21/h2-9,15H,10-12H2,1H3,(H,22,25). The number of halogens is 1. The second-order valence-electron chi connectivity index (χ2n) is 6.25. The Morgan fingerprint density at radius 2 is 1.89 bits per heavy atom. The normalized spacial score (nSPS) is 16.3. The number of esters is 1. The van der Waals surface area contributed by atoms with Crippen molar-refractivity contribution in [1.29, 1.82) is 0 Å². The number of carbonyl (C=O) groups excluding carboxylic acids is 3. The second-order valence-corrected chi connectivity index (χ2v) is 6.25. The van der Waals surface area contributed by atoms with Gasteiger partial charge in [-0.15, -0.1) is 0 Å². The zero-order valence-electron chi connectivity index (χ0n) is 14.8. The second kappa shape index (κ2) is 7.99. The summed E-state index contributed by atoms with van der Waals surface area (Å²) in [6.45, 7) is 0.309. The molecule has 27 heavy (non-hydrogen) atoms. The van der Waals surface area contributed by atoms with E-state index in [1.807, 2.05) is 0 Å². The van der Waals surface area contributed by atoms with Gasteiger partial charge in [0.15, 0.2) is 0 Å². The maximum atomic E-state index is 13.6. The van der Waals surface area contributed by atoms with Gasteiger partial charge in [-0.25, -0.2) is 9.18 Å². The van der Waals surface area contributed by atoms with Gasteiger partial charge in [-0.05, 0) is 30.3 Å². The van der Waals surface area contributed by atoms with E-state index in [-0.39, 0.29) is 37.1 Å². The maximum absolute atomic E-state index is 13.6. The van der Waals surface area contributed by atoms with Crippen molar-refractivity contribution in [3.05, 3.63) is 65.5 Å². The minimum Gasteiger partial charge on any atom is -0.465 e. The van der Waals surface area contributed by atoms with Crippen LogP contribution in [0.4, 0.5) is 10.1 Å². The number of rotatable bonds is 5. The third-order valence-corrected chi connectivity index (χ3v) is 4.51. The van der Waals surface area contributed by atoms with Crippen molar-refractivity contribution < 1.29 is 23.5 Å². The van der Waals surface area contributed by atoms with E-state index < -0.39 is 11.9 Å². The number of ether oxygens (including phenoxy) is 1. The largest absolute Gasteiger partial charge is 0.465 e. The van der Waals surface area contributed by atoms with Crippen LogP contribution in [0.3, 0.4) is 0 Å². The Kier molecular flexibility index (Phi) is 5.49. The summed E-state index contributed by atoms with van der Waals surface area (Å²) in [7, 11) is 1.30. The highest BCUT2D eigenvalue weighted by Gasteiger charge is 2.35. The maximum Gasteiger partial charge on any atom is 0.337 e. The topological polar surface area (TPSA) is 75.7 Å². The Balaban J connectivity index is 1.62. The summed E-state index contributed by atoms with van der Waals surface area (Å²) < 4.78 is 18.3. The number of carbonyl (C=O) groups is 3. The molecule has 1 aliphatic heterocycles. The molecule has 1 N–H and O–H groups in total. The number of nitrogens with one attached hydrogen (secondary N) is 1. The molecule has 2 amide bonds. The van der Waals surface area contributed by atoms with Crippen molar-refractivity contribution in [3.8, 4) is 0 Å². The first-order valence-electron chi connectivity index (χ1n) is 8.49. The fraction of sp³-hybridized carbons (Fsp3) is 0.250. The van der Waals surface area contributed by atoms with Crippen molar-refractivity contribution in [1.82, 2.24) is 5.32 Å². The lowest BCUT2D eigenvalue weighted by molar-refractivity contribution is -0.126. The van der Waals surface area contributed by atoms with E-state index in [4.69, 9.17) is 0 Å². The molecule has 0 radical (unpaired) electrons. The smallest absolute Gasteiger partial charge is 0.337 e. The van der Waals surface area contributed by atoms with E-state index in [9.17, 15) is 18.8 Å². The molecule has 1 heterocycles. The minimum atomic E-state index is -0.510. The van der Waals surface area contributed by atoms with E-state index in [1.165, 1.54) is 18.1 Å². The van der Waals surface area contributed by atoms with Crippen LogP contribution in [-0.2, 0) is 20.9 Å². The number of benzene rings is 2. The quantitative estimate of drug-likeness (QED) is 0.820. The Morgan fingerprint density at radius 3 is 2.56 bits per heavy atom. The van der Waals surface area contributed by atoms with Gasteiger partial charge in [0, 0.05) is 30.8 Å². The van der Waals surface area contributed by atoms with Gasteiger partial charge in [-0.3, -0.25) is 9.59 Å². The van der Waals surface area contributed by atoms with Gasteiger partial charge < -0.3 is 15.0 Å². The molecule has 0 aliphatic carbocycles. The molecule has 6 nitrogen and oxygen atoms in total. The first-order chi connectivity index (χ1) is 13.0. The average molecular weight is 370 g/mol. The van der Waals surface area contributed by atoms with E-state index in [2.05, 4.69) is 10.1 Å². The van der Waals surface area contributed by atoms with Crippen molar-refractivity contribution in [2.24, 2.45) is 5.92 Å². The number of methoxy groups -OCH3 is 1. The fourth-order valence-corrected chi connectivity index (χ4v) is 3.00. The van der Waals surface area contributed by atoms with Crippen LogP contribution < -0.4 is 10.2 Å². The van der Waals surface area contributed by atoms with Crippen molar-refractivity contribution in [3.63, 3.8) is 0 Å². The highest BCUT2D eigenvalue weighted by Crippen LogP contribution is 2.25. The zero-order valence-corrected chi connectivity index (χ0v) is 14.8. The molecule has 1 aliphatic rings. The van der Waals surface area contributed by atoms with E-state index >= 15 is 0 Å². The van der Waals surface area contributed by atoms with Gasteiger partial charge >= 0.3 is 5.97 Å². The van der Waals surface area contributed by atoms with Crippen LogP contribution in [0, 0.1) is 11.7 Å². The molecular weight excluding hydrogens is 351 g/mol. The zero-order chi connectivity index (χ0) is 19.4. The third-order valence-electron chi connectivity index (χ3n) is 4.51. The van der Waals surface area contributed by atoms with Crippen molar-refractivity contribution in [2.45, 2.75) is 13.0 Å². The number of anilines is 1. The lowest BCUT2D eigenvalue weighted by atomic mass is 10.1. The van der Waals surface area contributed by atoms with Crippen LogP contribution in [0.25, 0.3) is 0 Å². The van der Waals surface area contributed by atoms with Crippen LogP contribution in [0.5, 0.6) is 0 Å². The Labute approximate surface area is 155 Å². The fourth-order valence-electron chi connectivity index (χ4n) is 3.00. The van der Waals surface area contributed by atoms with Gasteiger partial charge in [0.25, 0.3) is 0 Å². The summed E-state index contributed by atoms with van der Waals surface area (Å²) in [5, 5.41) is 2.69. The summed E-state index contributed by atoms with van der Waals surface area (Å²) in [5.41, 5.74) is 1.38. The van der Waals surface area contributed by atoms with Gasteiger partial charge in [0.2, 0.25) is 11.8 Å². The molecule has 2 aromatic rings. The number of hydrogen-bond donors (Lipinski definition) is 1. The van der Waals surface area contributed by atoms with Crippen molar-refractivity contribution >= 4 is 23.5 Å². The molecule has 0 bridgehead atoms. The Bertz CT molecular complexity index is 867. The van der Waals surface area contributed by atoms with Crippen LogP contribution in [-0.4, -0.2) is 31.4 Å². The highest BCUT2D eigenvalue weighted by molar-refractivity contribution is 6.00. The molecule has 0 saturated carbocycles. The summed E-state index contributed by atoms with van der Waals surface area (Å²) in [4.78, 5) is 37.6. The van der Waals surface area contributed by atoms with Gasteiger partial charge in [-0.2, -0.15) is 0 Å². The summed E-state index contributed by atoms with van der Waals surface area (Å²) in [5.74, 6) is -1.82. The van der Waals surface area contributed by atoms with Crippen LogP contribution in [0.1, 0.15) is 22.3 Å². The lowest BCUT2D eigenvalue weighted by Gasteiger charge is -2.17. The minimum absolute atomic E-state index is 0.0734. The summed E-state index contributed by atoms with van der Waals surface area (Å²) in [6, 6.07) is 12.6. The van der Waals surface area contributed by atoms with Crippen LogP contribution in [0.15, 0.2) is 48.5 Å². The molecule has 1 atom stereocenters. The molecule has 0 aromatic heterocycles. The Hall–Kier alpha value is -3.22. The van der Waals surface area contributed by atoms with E-state index in [0.717, 1.165) is 0 Å². The number of amides is 2. The number of nitrogens with zero attached hydrogens (tertiary/aromatic N) is 1. The summed E-state index contributed by atoms with van der Waals surface area (Å²) >= 11 is 0. The molecule has 1 fully saturated rings. The van der Waals surface area contributed by atoms with E-state index in [0.29, 0.717) is 16.8 Å². The summed E-state index contributed by atoms with van der Waals surface area (Å²) in [6.07, 6.45) is 0.0852. The predicted octanol–water partition coefficient (Wildman–Crippen LogP) is 2.28. The molecule has 3 rings (SSSR count). The van der Waals surface area contributed by atoms with E-state index in [1.54, 1.807) is 42.5 Å². The number of hydrogen-bond acceptors (Lipinski definition) is 4. The first-order valence-corrected chi connectivity index (χ1v) is 8.49. The van der Waals surface area contributed by atoms with Gasteiger partial charge in [-0.1, -0.05) is 18.2 Å². The average Bonchev–Trinajstić information content (AvgIpc) is 3.08. The molecule has 2 aromatic carbocycles. The molecule has 0 spiro atoms. The molecule has 1 saturated heterocycles. The molecule has 7 heteroatoms. The SMILES string of the molecule is COC(=O)c1ccc(N2CC(C(=O)NCc3ccccc3F)CC2=O)cc1. The lowest BCUT2D eigenvalue weighted by Crippen LogP contribution is -2.32. The van der Waals surface area contributed by atoms with Crippen LogP contribution in [0.2, 0.25) is 0 Å². The van der Waals surface area contributed by atoms with Gasteiger partial charge in [0.05, 0.1) is 18.6 Å². The third kappa shape index (κ3) is 4.13. The van der Waals surface area contributed by atoms with Crippen LogP contribution >= 0.6 is 0 Å². The molecular formula is C20H19FN2O4. The molecule has 140 valence electrons. The van der Waals surface area contributed by atoms with Gasteiger partial charge in [0.1, 0.15) is 5.82 Å². The van der Waals surface area contributed by atoms with Crippen molar-refractivity contribution in [2.75, 3.05) is 18.6 Å². The monoisotopic (exact) mass is 370 g/mol. The first kappa shape index (κ1) is 18.6. The highest BCUT2D eigenvalue weighted by atomic mass is 19.1. The predicted molar refractivity (Wildman–Crippen MR) is 96.5 cm³/mol.